The van der Waals surface area contributed by atoms with Crippen molar-refractivity contribution in [2.24, 2.45) is 17.1 Å². The monoisotopic (exact) mass is 547 g/mol. The summed E-state index contributed by atoms with van der Waals surface area (Å²) in [5, 5.41) is 9.02. The molecule has 1 amide bonds. The number of carbonyl (C=O) groups excluding carboxylic acids is 1. The molecule has 0 aliphatic heterocycles. The molecule has 1 aliphatic rings. The number of benzene rings is 2. The Morgan fingerprint density at radius 3 is 2.58 bits per heavy atom. The summed E-state index contributed by atoms with van der Waals surface area (Å²) in [7, 11) is 0. The lowest BCUT2D eigenvalue weighted by Crippen LogP contribution is -2.51. The van der Waals surface area contributed by atoms with E-state index < -0.39 is 6.04 Å². The van der Waals surface area contributed by atoms with Gasteiger partial charge in [0.05, 0.1) is 27.5 Å². The maximum absolute atomic E-state index is 12.7. The van der Waals surface area contributed by atoms with Crippen LogP contribution in [0.1, 0.15) is 37.4 Å². The van der Waals surface area contributed by atoms with Crippen molar-refractivity contribution in [3.8, 4) is 16.9 Å². The summed E-state index contributed by atoms with van der Waals surface area (Å²) in [6, 6.07) is 20.9. The van der Waals surface area contributed by atoms with E-state index in [0.717, 1.165) is 34.6 Å². The van der Waals surface area contributed by atoms with E-state index in [1.54, 1.807) is 12.3 Å². The number of nitrogens with two attached hydrogens (primary N) is 1. The van der Waals surface area contributed by atoms with Crippen molar-refractivity contribution in [1.82, 2.24) is 20.1 Å². The van der Waals surface area contributed by atoms with Crippen LogP contribution in [0.4, 0.5) is 0 Å². The minimum absolute atomic E-state index is 0.0724. The second-order valence-electron chi connectivity index (χ2n) is 10.6. The van der Waals surface area contributed by atoms with Crippen LogP contribution in [0.3, 0.4) is 0 Å². The Bertz CT molecular complexity index is 1420. The SMILES string of the molecule is CC1(C)C(CNC(=O)C(N)Cc2ccccc2)CC1c1cc(-c2cccnc2)nn1-c1ccc(Cl)c(Cl)c1. The summed E-state index contributed by atoms with van der Waals surface area (Å²) >= 11 is 12.5. The average molecular weight is 549 g/mol. The molecule has 6 nitrogen and oxygen atoms in total. The predicted molar refractivity (Wildman–Crippen MR) is 153 cm³/mol. The van der Waals surface area contributed by atoms with Crippen LogP contribution in [-0.2, 0) is 11.2 Å². The van der Waals surface area contributed by atoms with Crippen molar-refractivity contribution in [2.75, 3.05) is 6.54 Å². The van der Waals surface area contributed by atoms with Gasteiger partial charge in [0.2, 0.25) is 5.91 Å². The predicted octanol–water partition coefficient (Wildman–Crippen LogP) is 6.06. The molecule has 4 aromatic rings. The van der Waals surface area contributed by atoms with Gasteiger partial charge in [0.25, 0.3) is 0 Å². The zero-order valence-electron chi connectivity index (χ0n) is 21.4. The van der Waals surface area contributed by atoms with Crippen molar-refractivity contribution in [2.45, 2.75) is 38.6 Å². The average Bonchev–Trinajstić information content (AvgIpc) is 3.35. The molecule has 3 N–H and O–H groups in total. The first-order chi connectivity index (χ1) is 18.2. The van der Waals surface area contributed by atoms with Gasteiger partial charge in [0.15, 0.2) is 0 Å². The summed E-state index contributed by atoms with van der Waals surface area (Å²) < 4.78 is 1.96. The molecule has 8 heteroatoms. The maximum Gasteiger partial charge on any atom is 0.237 e. The van der Waals surface area contributed by atoms with E-state index in [2.05, 4.69) is 30.2 Å². The van der Waals surface area contributed by atoms with Crippen LogP contribution in [0, 0.1) is 11.3 Å². The van der Waals surface area contributed by atoms with Gasteiger partial charge in [-0.1, -0.05) is 67.4 Å². The Morgan fingerprint density at radius 1 is 1.11 bits per heavy atom. The topological polar surface area (TPSA) is 85.8 Å². The largest absolute Gasteiger partial charge is 0.354 e. The fraction of sp³-hybridized carbons (Fsp3) is 0.300. The summed E-state index contributed by atoms with van der Waals surface area (Å²) in [4.78, 5) is 17.0. The van der Waals surface area contributed by atoms with E-state index in [1.165, 1.54) is 0 Å². The van der Waals surface area contributed by atoms with E-state index in [9.17, 15) is 4.79 Å². The number of carbonyl (C=O) groups is 1. The second-order valence-corrected chi connectivity index (χ2v) is 11.4. The molecule has 5 rings (SSSR count). The van der Waals surface area contributed by atoms with Crippen LogP contribution < -0.4 is 11.1 Å². The molecule has 2 aromatic carbocycles. The lowest BCUT2D eigenvalue weighted by atomic mass is 9.53. The smallest absolute Gasteiger partial charge is 0.237 e. The number of pyridine rings is 1. The first kappa shape index (κ1) is 26.4. The van der Waals surface area contributed by atoms with Crippen molar-refractivity contribution in [1.29, 1.82) is 0 Å². The number of halogens is 2. The Hall–Kier alpha value is -3.19. The van der Waals surface area contributed by atoms with E-state index >= 15 is 0 Å². The van der Waals surface area contributed by atoms with Gasteiger partial charge in [0, 0.05) is 36.1 Å². The molecule has 1 saturated carbocycles. The summed E-state index contributed by atoms with van der Waals surface area (Å²) in [6.07, 6.45) is 5.00. The minimum atomic E-state index is -0.575. The molecule has 0 radical (unpaired) electrons. The van der Waals surface area contributed by atoms with Crippen LogP contribution in [0.2, 0.25) is 10.0 Å². The summed E-state index contributed by atoms with van der Waals surface area (Å²) in [6.45, 7) is 5.08. The zero-order valence-corrected chi connectivity index (χ0v) is 23.0. The van der Waals surface area contributed by atoms with Crippen LogP contribution >= 0.6 is 23.2 Å². The van der Waals surface area contributed by atoms with Gasteiger partial charge < -0.3 is 11.1 Å². The van der Waals surface area contributed by atoms with Crippen LogP contribution in [0.5, 0.6) is 0 Å². The molecular formula is C30H31Cl2N5O. The molecule has 2 heterocycles. The quantitative estimate of drug-likeness (QED) is 0.281. The fourth-order valence-corrected chi connectivity index (χ4v) is 5.59. The second kappa shape index (κ2) is 10.9. The molecule has 2 aromatic heterocycles. The Morgan fingerprint density at radius 2 is 1.89 bits per heavy atom. The summed E-state index contributed by atoms with van der Waals surface area (Å²) in [5.74, 6) is 0.418. The highest BCUT2D eigenvalue weighted by Crippen LogP contribution is 2.57. The third-order valence-electron chi connectivity index (χ3n) is 7.83. The molecular weight excluding hydrogens is 517 g/mol. The molecule has 3 atom stereocenters. The molecule has 0 spiro atoms. The number of nitrogens with one attached hydrogen (secondary N) is 1. The standard InChI is InChI=1S/C30H31Cl2N5O/c1-30(2)21(18-35-29(38)26(33)13-19-7-4-3-5-8-19)14-23(30)28-16-27(20-9-6-12-34-17-20)36-37(28)22-10-11-24(31)25(32)15-22/h3-12,15-17,21,23,26H,13-14,18,33H2,1-2H3,(H,35,38). The number of aromatic nitrogens is 3. The molecule has 0 bridgehead atoms. The zero-order chi connectivity index (χ0) is 26.9. The Balaban J connectivity index is 1.33. The molecule has 1 aliphatic carbocycles. The number of hydrogen-bond donors (Lipinski definition) is 2. The highest BCUT2D eigenvalue weighted by atomic mass is 35.5. The highest BCUT2D eigenvalue weighted by molar-refractivity contribution is 6.42. The lowest BCUT2D eigenvalue weighted by Gasteiger charge is -2.52. The minimum Gasteiger partial charge on any atom is -0.354 e. The maximum atomic E-state index is 12.7. The number of hydrogen-bond acceptors (Lipinski definition) is 4. The summed E-state index contributed by atoms with van der Waals surface area (Å²) in [5.41, 5.74) is 10.9. The third-order valence-corrected chi connectivity index (χ3v) is 8.57. The van der Waals surface area contributed by atoms with E-state index in [0.29, 0.717) is 28.9 Å². The molecule has 0 saturated heterocycles. The number of amides is 1. The first-order valence-electron chi connectivity index (χ1n) is 12.8. The highest BCUT2D eigenvalue weighted by Gasteiger charge is 2.50. The Labute approximate surface area is 233 Å². The van der Waals surface area contributed by atoms with Crippen LogP contribution in [-0.4, -0.2) is 33.3 Å². The van der Waals surface area contributed by atoms with Gasteiger partial charge in [-0.25, -0.2) is 4.68 Å². The molecule has 38 heavy (non-hydrogen) atoms. The fourth-order valence-electron chi connectivity index (χ4n) is 5.30. The Kier molecular flexibility index (Phi) is 7.57. The van der Waals surface area contributed by atoms with Crippen molar-refractivity contribution >= 4 is 29.1 Å². The molecule has 196 valence electrons. The van der Waals surface area contributed by atoms with Gasteiger partial charge in [-0.3, -0.25) is 9.78 Å². The normalized spacial score (nSPS) is 19.0. The van der Waals surface area contributed by atoms with E-state index in [-0.39, 0.29) is 17.2 Å². The van der Waals surface area contributed by atoms with Gasteiger partial charge in [-0.05, 0) is 66.1 Å². The van der Waals surface area contributed by atoms with Crippen LogP contribution in [0.15, 0.2) is 79.1 Å². The van der Waals surface area contributed by atoms with Gasteiger partial charge in [-0.15, -0.1) is 0 Å². The number of nitrogens with zero attached hydrogens (tertiary/aromatic N) is 3. The lowest BCUT2D eigenvalue weighted by molar-refractivity contribution is -0.123. The van der Waals surface area contributed by atoms with Crippen molar-refractivity contribution < 1.29 is 4.79 Å². The molecule has 1 fully saturated rings. The van der Waals surface area contributed by atoms with Gasteiger partial charge in [0.1, 0.15) is 0 Å². The van der Waals surface area contributed by atoms with Crippen LogP contribution in [0.25, 0.3) is 16.9 Å². The third kappa shape index (κ3) is 5.35. The number of rotatable bonds is 8. The molecule has 3 unspecified atom stereocenters. The van der Waals surface area contributed by atoms with Crippen molar-refractivity contribution in [3.63, 3.8) is 0 Å². The van der Waals surface area contributed by atoms with E-state index in [4.69, 9.17) is 34.0 Å². The van der Waals surface area contributed by atoms with E-state index in [1.807, 2.05) is 65.5 Å². The van der Waals surface area contributed by atoms with Crippen molar-refractivity contribution in [3.05, 3.63) is 100 Å². The van der Waals surface area contributed by atoms with Gasteiger partial charge in [-0.2, -0.15) is 5.10 Å². The van der Waals surface area contributed by atoms with Gasteiger partial charge >= 0.3 is 0 Å². The first-order valence-corrected chi connectivity index (χ1v) is 13.5.